The summed E-state index contributed by atoms with van der Waals surface area (Å²) in [6, 6.07) is 9.71. The molecule has 3 N–H and O–H groups in total. The third-order valence-electron chi connectivity index (χ3n) is 2.12. The van der Waals surface area contributed by atoms with Crippen LogP contribution in [0.15, 0.2) is 36.5 Å². The maximum absolute atomic E-state index is 9.41. The van der Waals surface area contributed by atoms with Crippen molar-refractivity contribution in [1.29, 1.82) is 5.26 Å². The number of para-hydroxylation sites is 1. The molecule has 0 aliphatic heterocycles. The molecule has 0 aliphatic rings. The summed E-state index contributed by atoms with van der Waals surface area (Å²) in [6.45, 7) is 0. The van der Waals surface area contributed by atoms with E-state index in [-0.39, 0.29) is 17.1 Å². The van der Waals surface area contributed by atoms with Crippen LogP contribution < -0.4 is 10.5 Å². The van der Waals surface area contributed by atoms with Gasteiger partial charge in [-0.1, -0.05) is 6.07 Å². The van der Waals surface area contributed by atoms with Gasteiger partial charge in [-0.15, -0.1) is 0 Å². The van der Waals surface area contributed by atoms with Crippen LogP contribution in [0.4, 0.5) is 5.69 Å². The highest BCUT2D eigenvalue weighted by Gasteiger charge is 2.06. The molecule has 0 saturated heterocycles. The lowest BCUT2D eigenvalue weighted by molar-refractivity contribution is 0.459. The highest BCUT2D eigenvalue weighted by Crippen LogP contribution is 2.33. The molecule has 5 nitrogen and oxygen atoms in total. The van der Waals surface area contributed by atoms with Crippen LogP contribution in [0.2, 0.25) is 0 Å². The standard InChI is InChI=1S/C12H9N3O2/c13-7-8-6-9(4-5-15-8)17-11-3-1-2-10(16)12(11)14/h1-6,16H,14H2. The van der Waals surface area contributed by atoms with Crippen molar-refractivity contribution in [3.05, 3.63) is 42.2 Å². The van der Waals surface area contributed by atoms with E-state index < -0.39 is 0 Å². The number of aromatic nitrogens is 1. The van der Waals surface area contributed by atoms with Crippen molar-refractivity contribution in [3.63, 3.8) is 0 Å². The monoisotopic (exact) mass is 227 g/mol. The molecule has 0 amide bonds. The van der Waals surface area contributed by atoms with Gasteiger partial charge in [-0.2, -0.15) is 5.26 Å². The number of aromatic hydroxyl groups is 1. The van der Waals surface area contributed by atoms with E-state index in [4.69, 9.17) is 15.7 Å². The lowest BCUT2D eigenvalue weighted by Crippen LogP contribution is -1.93. The Kier molecular flexibility index (Phi) is 2.79. The van der Waals surface area contributed by atoms with Crippen molar-refractivity contribution in [2.45, 2.75) is 0 Å². The minimum atomic E-state index is -0.0444. The van der Waals surface area contributed by atoms with Crippen LogP contribution in [-0.4, -0.2) is 10.1 Å². The second-order valence-corrected chi connectivity index (χ2v) is 3.28. The fourth-order valence-corrected chi connectivity index (χ4v) is 1.28. The van der Waals surface area contributed by atoms with Crippen molar-refractivity contribution >= 4 is 5.69 Å². The molecule has 0 fully saturated rings. The van der Waals surface area contributed by atoms with Gasteiger partial charge in [-0.3, -0.25) is 0 Å². The second kappa shape index (κ2) is 4.41. The highest BCUT2D eigenvalue weighted by molar-refractivity contribution is 5.62. The van der Waals surface area contributed by atoms with Gasteiger partial charge >= 0.3 is 0 Å². The van der Waals surface area contributed by atoms with Gasteiger partial charge in [0, 0.05) is 12.3 Å². The molecule has 2 rings (SSSR count). The molecule has 0 aliphatic carbocycles. The summed E-state index contributed by atoms with van der Waals surface area (Å²) in [6.07, 6.45) is 1.47. The molecule has 0 unspecified atom stereocenters. The molecule has 2 aromatic rings. The number of pyridine rings is 1. The normalized spacial score (nSPS) is 9.59. The van der Waals surface area contributed by atoms with Gasteiger partial charge in [0.2, 0.25) is 0 Å². The smallest absolute Gasteiger partial charge is 0.154 e. The van der Waals surface area contributed by atoms with E-state index >= 15 is 0 Å². The number of benzene rings is 1. The zero-order chi connectivity index (χ0) is 12.3. The number of rotatable bonds is 2. The van der Waals surface area contributed by atoms with Crippen LogP contribution in [0.25, 0.3) is 0 Å². The molecule has 1 heterocycles. The number of hydrogen-bond acceptors (Lipinski definition) is 5. The largest absolute Gasteiger partial charge is 0.506 e. The van der Waals surface area contributed by atoms with Gasteiger partial charge in [-0.25, -0.2) is 4.98 Å². The predicted octanol–water partition coefficient (Wildman–Crippen LogP) is 2.03. The Bertz CT molecular complexity index is 591. The van der Waals surface area contributed by atoms with Gasteiger partial charge in [0.05, 0.1) is 0 Å². The van der Waals surface area contributed by atoms with Gasteiger partial charge in [0.1, 0.15) is 28.9 Å². The predicted molar refractivity (Wildman–Crippen MR) is 61.5 cm³/mol. The van der Waals surface area contributed by atoms with E-state index in [1.807, 2.05) is 6.07 Å². The number of ether oxygens (including phenoxy) is 1. The quantitative estimate of drug-likeness (QED) is 0.605. The minimum absolute atomic E-state index is 0.0444. The average molecular weight is 227 g/mol. The number of phenols is 1. The fourth-order valence-electron chi connectivity index (χ4n) is 1.28. The molecular formula is C12H9N3O2. The Morgan fingerprint density at radius 3 is 2.94 bits per heavy atom. The molecule has 84 valence electrons. The van der Waals surface area contributed by atoms with E-state index in [0.717, 1.165) is 0 Å². The Morgan fingerprint density at radius 1 is 1.35 bits per heavy atom. The summed E-state index contributed by atoms with van der Waals surface area (Å²) < 4.78 is 5.46. The topological polar surface area (TPSA) is 92.2 Å². The number of nitrogens with zero attached hydrogens (tertiary/aromatic N) is 2. The fraction of sp³-hybridized carbons (Fsp3) is 0. The van der Waals surface area contributed by atoms with E-state index in [1.54, 1.807) is 18.2 Å². The average Bonchev–Trinajstić information content (AvgIpc) is 2.35. The molecule has 0 radical (unpaired) electrons. The zero-order valence-corrected chi connectivity index (χ0v) is 8.79. The SMILES string of the molecule is N#Cc1cc(Oc2cccc(O)c2N)ccn1. The number of phenolic OH excluding ortho intramolecular Hbond substituents is 1. The molecule has 0 spiro atoms. The molecule has 0 bridgehead atoms. The second-order valence-electron chi connectivity index (χ2n) is 3.28. The number of nitrogen functional groups attached to an aromatic ring is 1. The lowest BCUT2D eigenvalue weighted by Gasteiger charge is -2.08. The number of nitrogens with two attached hydrogens (primary N) is 1. The van der Waals surface area contributed by atoms with Crippen LogP contribution in [0.5, 0.6) is 17.2 Å². The maximum atomic E-state index is 9.41. The van der Waals surface area contributed by atoms with Crippen LogP contribution in [0.3, 0.4) is 0 Å². The first-order valence-electron chi connectivity index (χ1n) is 4.82. The van der Waals surface area contributed by atoms with Crippen molar-refractivity contribution in [1.82, 2.24) is 4.98 Å². The molecule has 17 heavy (non-hydrogen) atoms. The van der Waals surface area contributed by atoms with Crippen molar-refractivity contribution in [2.75, 3.05) is 5.73 Å². The first kappa shape index (κ1) is 10.8. The van der Waals surface area contributed by atoms with E-state index in [9.17, 15) is 5.11 Å². The van der Waals surface area contributed by atoms with Crippen LogP contribution in [0.1, 0.15) is 5.69 Å². The Labute approximate surface area is 97.7 Å². The number of nitriles is 1. The third kappa shape index (κ3) is 2.26. The molecule has 0 saturated carbocycles. The van der Waals surface area contributed by atoms with Crippen molar-refractivity contribution in [3.8, 4) is 23.3 Å². The van der Waals surface area contributed by atoms with E-state index in [2.05, 4.69) is 4.98 Å². The summed E-state index contributed by atoms with van der Waals surface area (Å²) in [5.74, 6) is 0.728. The zero-order valence-electron chi connectivity index (χ0n) is 8.79. The summed E-state index contributed by atoms with van der Waals surface area (Å²) in [4.78, 5) is 3.82. The van der Waals surface area contributed by atoms with Crippen LogP contribution >= 0.6 is 0 Å². The molecular weight excluding hydrogens is 218 g/mol. The minimum Gasteiger partial charge on any atom is -0.506 e. The highest BCUT2D eigenvalue weighted by atomic mass is 16.5. The summed E-state index contributed by atoms with van der Waals surface area (Å²) in [7, 11) is 0. The summed E-state index contributed by atoms with van der Waals surface area (Å²) >= 11 is 0. The maximum Gasteiger partial charge on any atom is 0.154 e. The van der Waals surface area contributed by atoms with E-state index in [1.165, 1.54) is 18.3 Å². The number of hydrogen-bond donors (Lipinski definition) is 2. The Morgan fingerprint density at radius 2 is 2.18 bits per heavy atom. The van der Waals surface area contributed by atoms with Crippen molar-refractivity contribution < 1.29 is 9.84 Å². The van der Waals surface area contributed by atoms with Gasteiger partial charge in [0.25, 0.3) is 0 Å². The third-order valence-corrected chi connectivity index (χ3v) is 2.12. The summed E-state index contributed by atoms with van der Waals surface area (Å²) in [5.41, 5.74) is 6.05. The summed E-state index contributed by atoms with van der Waals surface area (Å²) in [5, 5.41) is 18.1. The number of anilines is 1. The molecule has 5 heteroatoms. The van der Waals surface area contributed by atoms with Gasteiger partial charge in [-0.05, 0) is 18.2 Å². The molecule has 1 aromatic carbocycles. The lowest BCUT2D eigenvalue weighted by atomic mass is 10.2. The molecule has 1 aromatic heterocycles. The first-order valence-corrected chi connectivity index (χ1v) is 4.82. The Balaban J connectivity index is 2.32. The van der Waals surface area contributed by atoms with Crippen LogP contribution in [0, 0.1) is 11.3 Å². The molecule has 0 atom stereocenters. The van der Waals surface area contributed by atoms with Crippen molar-refractivity contribution in [2.24, 2.45) is 0 Å². The Hall–Kier alpha value is -2.74. The first-order chi connectivity index (χ1) is 8.20. The van der Waals surface area contributed by atoms with Gasteiger partial charge < -0.3 is 15.6 Å². The van der Waals surface area contributed by atoms with Gasteiger partial charge in [0.15, 0.2) is 5.75 Å². The van der Waals surface area contributed by atoms with E-state index in [0.29, 0.717) is 11.5 Å². The van der Waals surface area contributed by atoms with Crippen LogP contribution in [-0.2, 0) is 0 Å².